The van der Waals surface area contributed by atoms with E-state index in [1.807, 2.05) is 11.8 Å². The number of hydrogen-bond donors (Lipinski definition) is 1. The molecule has 0 fully saturated rings. The SMILES string of the molecule is N[C@@H]1CSCc2c(Br)cccc21. The van der Waals surface area contributed by atoms with Crippen molar-refractivity contribution >= 4 is 27.7 Å². The van der Waals surface area contributed by atoms with Crippen molar-refractivity contribution in [2.24, 2.45) is 5.73 Å². The molecule has 0 bridgehead atoms. The first kappa shape index (κ1) is 8.60. The van der Waals surface area contributed by atoms with Gasteiger partial charge in [0.1, 0.15) is 0 Å². The molecule has 64 valence electrons. The van der Waals surface area contributed by atoms with Crippen molar-refractivity contribution in [2.75, 3.05) is 5.75 Å². The van der Waals surface area contributed by atoms with Gasteiger partial charge in [-0.05, 0) is 17.2 Å². The molecule has 0 spiro atoms. The van der Waals surface area contributed by atoms with Crippen LogP contribution in [0.4, 0.5) is 0 Å². The van der Waals surface area contributed by atoms with Gasteiger partial charge in [0.05, 0.1) is 0 Å². The summed E-state index contributed by atoms with van der Waals surface area (Å²) in [7, 11) is 0. The molecular weight excluding hydrogens is 234 g/mol. The van der Waals surface area contributed by atoms with Crippen molar-refractivity contribution in [1.29, 1.82) is 0 Å². The van der Waals surface area contributed by atoms with Crippen LogP contribution >= 0.6 is 27.7 Å². The molecule has 0 radical (unpaired) electrons. The third-order valence-corrected chi connectivity index (χ3v) is 3.93. The van der Waals surface area contributed by atoms with Crippen LogP contribution in [0.2, 0.25) is 0 Å². The minimum atomic E-state index is 0.219. The van der Waals surface area contributed by atoms with Crippen molar-refractivity contribution in [1.82, 2.24) is 0 Å². The zero-order valence-electron chi connectivity index (χ0n) is 6.59. The van der Waals surface area contributed by atoms with Gasteiger partial charge in [-0.2, -0.15) is 11.8 Å². The molecular formula is C9H10BrNS. The van der Waals surface area contributed by atoms with E-state index in [1.54, 1.807) is 0 Å². The number of fused-ring (bicyclic) bond motifs is 1. The van der Waals surface area contributed by atoms with Gasteiger partial charge in [0.15, 0.2) is 0 Å². The maximum absolute atomic E-state index is 5.97. The van der Waals surface area contributed by atoms with Crippen molar-refractivity contribution in [2.45, 2.75) is 11.8 Å². The molecule has 1 aliphatic heterocycles. The number of hydrogen-bond acceptors (Lipinski definition) is 2. The number of benzene rings is 1. The second kappa shape index (κ2) is 3.40. The van der Waals surface area contributed by atoms with E-state index < -0.39 is 0 Å². The van der Waals surface area contributed by atoms with Gasteiger partial charge in [0.25, 0.3) is 0 Å². The third kappa shape index (κ3) is 1.41. The van der Waals surface area contributed by atoms with Crippen LogP contribution in [0.3, 0.4) is 0 Å². The number of halogens is 1. The average Bonchev–Trinajstić information content (AvgIpc) is 2.07. The van der Waals surface area contributed by atoms with Gasteiger partial charge in [-0.25, -0.2) is 0 Å². The lowest BCUT2D eigenvalue weighted by molar-refractivity contribution is 0.808. The monoisotopic (exact) mass is 243 g/mol. The summed E-state index contributed by atoms with van der Waals surface area (Å²) < 4.78 is 1.20. The molecule has 12 heavy (non-hydrogen) atoms. The second-order valence-corrected chi connectivity index (χ2v) is 4.81. The predicted octanol–water partition coefficient (Wildman–Crippen LogP) is 2.70. The molecule has 1 aromatic rings. The van der Waals surface area contributed by atoms with Crippen LogP contribution in [0.25, 0.3) is 0 Å². The minimum absolute atomic E-state index is 0.219. The molecule has 2 N–H and O–H groups in total. The summed E-state index contributed by atoms with van der Waals surface area (Å²) in [6.45, 7) is 0. The van der Waals surface area contributed by atoms with E-state index in [4.69, 9.17) is 5.73 Å². The van der Waals surface area contributed by atoms with Crippen LogP contribution in [0.15, 0.2) is 22.7 Å². The van der Waals surface area contributed by atoms with Gasteiger partial charge in [-0.15, -0.1) is 0 Å². The van der Waals surface area contributed by atoms with Crippen molar-refractivity contribution in [3.05, 3.63) is 33.8 Å². The standard InChI is InChI=1S/C9H10BrNS/c10-8-3-1-2-6-7(8)4-12-5-9(6)11/h1-3,9H,4-5,11H2/t9-/m1/s1. The Balaban J connectivity index is 2.52. The Morgan fingerprint density at radius 2 is 2.33 bits per heavy atom. The van der Waals surface area contributed by atoms with Crippen molar-refractivity contribution in [3.63, 3.8) is 0 Å². The van der Waals surface area contributed by atoms with E-state index in [9.17, 15) is 0 Å². The fourth-order valence-electron chi connectivity index (χ4n) is 1.45. The first-order chi connectivity index (χ1) is 5.79. The quantitative estimate of drug-likeness (QED) is 0.759. The summed E-state index contributed by atoms with van der Waals surface area (Å²) in [5, 5.41) is 0. The Morgan fingerprint density at radius 3 is 3.08 bits per heavy atom. The molecule has 1 heterocycles. The molecule has 3 heteroatoms. The van der Waals surface area contributed by atoms with Crippen LogP contribution in [0.1, 0.15) is 17.2 Å². The second-order valence-electron chi connectivity index (χ2n) is 2.93. The highest BCUT2D eigenvalue weighted by molar-refractivity contribution is 9.10. The van der Waals surface area contributed by atoms with E-state index in [1.165, 1.54) is 15.6 Å². The number of nitrogens with two attached hydrogens (primary N) is 1. The van der Waals surface area contributed by atoms with Crippen LogP contribution < -0.4 is 5.73 Å². The molecule has 0 aromatic heterocycles. The molecule has 1 aliphatic rings. The smallest absolute Gasteiger partial charge is 0.0390 e. The van der Waals surface area contributed by atoms with Gasteiger partial charge in [-0.1, -0.05) is 28.1 Å². The summed E-state index contributed by atoms with van der Waals surface area (Å²) >= 11 is 5.45. The third-order valence-electron chi connectivity index (χ3n) is 2.10. The summed E-state index contributed by atoms with van der Waals surface area (Å²) in [5.41, 5.74) is 8.66. The number of rotatable bonds is 0. The fraction of sp³-hybridized carbons (Fsp3) is 0.333. The van der Waals surface area contributed by atoms with Crippen molar-refractivity contribution in [3.8, 4) is 0 Å². The maximum Gasteiger partial charge on any atom is 0.0390 e. The Bertz CT molecular complexity index is 301. The Labute approximate surface area is 84.9 Å². The first-order valence-electron chi connectivity index (χ1n) is 3.89. The predicted molar refractivity (Wildman–Crippen MR) is 57.2 cm³/mol. The zero-order valence-corrected chi connectivity index (χ0v) is 8.99. The molecule has 0 amide bonds. The average molecular weight is 244 g/mol. The lowest BCUT2D eigenvalue weighted by Crippen LogP contribution is -2.18. The van der Waals surface area contributed by atoms with E-state index in [0.717, 1.165) is 11.5 Å². The Kier molecular flexibility index (Phi) is 2.44. The van der Waals surface area contributed by atoms with Gasteiger partial charge in [0.2, 0.25) is 0 Å². The summed E-state index contributed by atoms with van der Waals surface area (Å²) in [5.74, 6) is 2.13. The lowest BCUT2D eigenvalue weighted by Gasteiger charge is -2.22. The van der Waals surface area contributed by atoms with Gasteiger partial charge < -0.3 is 5.73 Å². The Morgan fingerprint density at radius 1 is 1.50 bits per heavy atom. The van der Waals surface area contributed by atoms with Crippen LogP contribution in [-0.4, -0.2) is 5.75 Å². The van der Waals surface area contributed by atoms with E-state index >= 15 is 0 Å². The van der Waals surface area contributed by atoms with E-state index in [-0.39, 0.29) is 6.04 Å². The first-order valence-corrected chi connectivity index (χ1v) is 5.84. The summed E-state index contributed by atoms with van der Waals surface area (Å²) in [4.78, 5) is 0. The molecule has 1 nitrogen and oxygen atoms in total. The molecule has 2 rings (SSSR count). The van der Waals surface area contributed by atoms with Crippen LogP contribution in [0, 0.1) is 0 Å². The van der Waals surface area contributed by atoms with Crippen LogP contribution in [0.5, 0.6) is 0 Å². The molecule has 1 aromatic carbocycles. The van der Waals surface area contributed by atoms with E-state index in [0.29, 0.717) is 0 Å². The highest BCUT2D eigenvalue weighted by atomic mass is 79.9. The highest BCUT2D eigenvalue weighted by Crippen LogP contribution is 2.34. The molecule has 0 saturated heterocycles. The molecule has 0 aliphatic carbocycles. The van der Waals surface area contributed by atoms with Crippen LogP contribution in [-0.2, 0) is 5.75 Å². The molecule has 0 unspecified atom stereocenters. The van der Waals surface area contributed by atoms with Gasteiger partial charge in [-0.3, -0.25) is 0 Å². The molecule has 0 saturated carbocycles. The van der Waals surface area contributed by atoms with Crippen molar-refractivity contribution < 1.29 is 0 Å². The zero-order chi connectivity index (χ0) is 8.55. The largest absolute Gasteiger partial charge is 0.323 e. The van der Waals surface area contributed by atoms with Gasteiger partial charge in [0, 0.05) is 22.0 Å². The molecule has 1 atom stereocenters. The normalized spacial score (nSPS) is 22.0. The van der Waals surface area contributed by atoms with Gasteiger partial charge >= 0.3 is 0 Å². The maximum atomic E-state index is 5.97. The fourth-order valence-corrected chi connectivity index (χ4v) is 3.24. The topological polar surface area (TPSA) is 26.0 Å². The summed E-state index contributed by atoms with van der Waals surface area (Å²) in [6, 6.07) is 6.48. The Hall–Kier alpha value is 0.0100. The highest BCUT2D eigenvalue weighted by Gasteiger charge is 2.18. The summed E-state index contributed by atoms with van der Waals surface area (Å²) in [6.07, 6.45) is 0. The minimum Gasteiger partial charge on any atom is -0.323 e. The number of thioether (sulfide) groups is 1. The van der Waals surface area contributed by atoms with E-state index in [2.05, 4.69) is 34.1 Å². The lowest BCUT2D eigenvalue weighted by atomic mass is 10.0.